The van der Waals surface area contributed by atoms with Crippen molar-refractivity contribution in [2.75, 3.05) is 43.4 Å². The van der Waals surface area contributed by atoms with Crippen LogP contribution in [0.15, 0.2) is 67.5 Å². The molecule has 10 nitrogen and oxygen atoms in total. The summed E-state index contributed by atoms with van der Waals surface area (Å²) < 4.78 is 35.3. The molecule has 47 heavy (non-hydrogen) atoms. The number of nitrogens with zero attached hydrogens (tertiary/aromatic N) is 6. The van der Waals surface area contributed by atoms with E-state index in [0.29, 0.717) is 36.0 Å². The van der Waals surface area contributed by atoms with Gasteiger partial charge in [-0.1, -0.05) is 61.6 Å². The summed E-state index contributed by atoms with van der Waals surface area (Å²) in [5, 5.41) is 0.674. The number of sulfonamides is 1. The van der Waals surface area contributed by atoms with Gasteiger partial charge >= 0.3 is 0 Å². The van der Waals surface area contributed by atoms with Gasteiger partial charge in [-0.25, -0.2) is 23.4 Å². The topological polar surface area (TPSA) is 109 Å². The van der Waals surface area contributed by atoms with Gasteiger partial charge in [-0.05, 0) is 47.7 Å². The van der Waals surface area contributed by atoms with E-state index in [4.69, 9.17) is 9.72 Å². The second-order valence-electron chi connectivity index (χ2n) is 12.2. The summed E-state index contributed by atoms with van der Waals surface area (Å²) in [6.07, 6.45) is 10.4. The Bertz CT molecular complexity index is 1910. The van der Waals surface area contributed by atoms with Gasteiger partial charge in [0, 0.05) is 74.8 Å². The molecule has 0 spiro atoms. The Morgan fingerprint density at radius 1 is 1.04 bits per heavy atom. The van der Waals surface area contributed by atoms with E-state index >= 15 is 0 Å². The van der Waals surface area contributed by atoms with Crippen LogP contribution < -0.4 is 9.64 Å². The molecule has 3 aliphatic rings. The van der Waals surface area contributed by atoms with Crippen molar-refractivity contribution in [1.29, 1.82) is 0 Å². The lowest BCUT2D eigenvalue weighted by atomic mass is 10.0. The van der Waals surface area contributed by atoms with Gasteiger partial charge in [0.15, 0.2) is 0 Å². The van der Waals surface area contributed by atoms with Crippen molar-refractivity contribution in [3.8, 4) is 5.19 Å². The average Bonchev–Trinajstić information content (AvgIpc) is 3.61. The molecule has 2 aromatic carbocycles. The fraction of sp³-hybridized carbons (Fsp3) is 0.371. The number of fused-ring (bicyclic) bond motifs is 2. The number of piperidine rings is 1. The molecule has 1 amide bonds. The van der Waals surface area contributed by atoms with Crippen LogP contribution in [-0.4, -0.2) is 83.1 Å². The summed E-state index contributed by atoms with van der Waals surface area (Å²) in [7, 11) is -3.56. The number of rotatable bonds is 10. The minimum Gasteiger partial charge on any atom is -0.467 e. The summed E-state index contributed by atoms with van der Waals surface area (Å²) in [4.78, 5) is 30.4. The maximum absolute atomic E-state index is 13.2. The van der Waals surface area contributed by atoms with Crippen molar-refractivity contribution in [2.24, 2.45) is 0 Å². The molecule has 5 heterocycles. The second kappa shape index (κ2) is 13.2. The van der Waals surface area contributed by atoms with Crippen molar-refractivity contribution in [1.82, 2.24) is 24.2 Å². The number of anilines is 1. The number of thiazole rings is 1. The van der Waals surface area contributed by atoms with Crippen molar-refractivity contribution < 1.29 is 17.9 Å². The Hall–Kier alpha value is -4.13. The Morgan fingerprint density at radius 3 is 2.51 bits per heavy atom. The van der Waals surface area contributed by atoms with E-state index in [9.17, 15) is 13.2 Å². The predicted molar refractivity (Wildman–Crippen MR) is 186 cm³/mol. The van der Waals surface area contributed by atoms with Gasteiger partial charge in [-0.3, -0.25) is 4.79 Å². The van der Waals surface area contributed by atoms with Gasteiger partial charge in [0.1, 0.15) is 6.10 Å². The molecule has 0 saturated carbocycles. The number of hydrogen-bond donors (Lipinski definition) is 0. The van der Waals surface area contributed by atoms with E-state index < -0.39 is 10.0 Å². The highest BCUT2D eigenvalue weighted by atomic mass is 32.2. The van der Waals surface area contributed by atoms with E-state index in [2.05, 4.69) is 34.4 Å². The molecule has 0 atom stereocenters. The Kier molecular flexibility index (Phi) is 8.82. The van der Waals surface area contributed by atoms with Crippen molar-refractivity contribution >= 4 is 54.7 Å². The van der Waals surface area contributed by atoms with Gasteiger partial charge in [-0.15, -0.1) is 0 Å². The molecule has 0 radical (unpaired) electrons. The number of aryl methyl sites for hydroxylation is 1. The lowest BCUT2D eigenvalue weighted by Crippen LogP contribution is -2.39. The van der Waals surface area contributed by atoms with Crippen LogP contribution in [0.1, 0.15) is 59.7 Å². The van der Waals surface area contributed by atoms with E-state index in [-0.39, 0.29) is 24.3 Å². The minimum absolute atomic E-state index is 0.0780. The summed E-state index contributed by atoms with van der Waals surface area (Å²) in [5.74, 6) is 0.436. The van der Waals surface area contributed by atoms with Gasteiger partial charge in [0.05, 0.1) is 16.0 Å². The Labute approximate surface area is 279 Å². The first-order valence-corrected chi connectivity index (χ1v) is 18.6. The number of amides is 1. The third-order valence-electron chi connectivity index (χ3n) is 9.14. The zero-order valence-electron chi connectivity index (χ0n) is 26.5. The molecule has 0 N–H and O–H groups in total. The third kappa shape index (κ3) is 6.54. The Morgan fingerprint density at radius 2 is 1.81 bits per heavy atom. The number of aromatic nitrogens is 3. The molecule has 4 aromatic rings. The van der Waals surface area contributed by atoms with Crippen LogP contribution in [0.5, 0.6) is 5.19 Å². The van der Waals surface area contributed by atoms with E-state index in [0.717, 1.165) is 71.6 Å². The summed E-state index contributed by atoms with van der Waals surface area (Å²) >= 11 is 1.55. The first-order chi connectivity index (χ1) is 22.8. The molecule has 1 saturated heterocycles. The van der Waals surface area contributed by atoms with Crippen molar-refractivity contribution in [2.45, 2.75) is 45.1 Å². The smallest absolute Gasteiger partial charge is 0.274 e. The Balaban J connectivity index is 0.932. The zero-order chi connectivity index (χ0) is 32.5. The largest absolute Gasteiger partial charge is 0.467 e. The second-order valence-corrected chi connectivity index (χ2v) is 15.3. The quantitative estimate of drug-likeness (QED) is 0.214. The van der Waals surface area contributed by atoms with Crippen LogP contribution in [0.25, 0.3) is 21.5 Å². The summed E-state index contributed by atoms with van der Waals surface area (Å²) in [6.45, 7) is 8.64. The lowest BCUT2D eigenvalue weighted by Gasteiger charge is -2.31. The van der Waals surface area contributed by atoms with Crippen LogP contribution in [-0.2, 0) is 16.4 Å². The average molecular weight is 671 g/mol. The highest BCUT2D eigenvalue weighted by Gasteiger charge is 2.33. The third-order valence-corrected chi connectivity index (χ3v) is 11.9. The van der Waals surface area contributed by atoms with Crippen LogP contribution in [0.2, 0.25) is 0 Å². The molecule has 0 bridgehead atoms. The van der Waals surface area contributed by atoms with Crippen molar-refractivity contribution in [3.05, 3.63) is 89.8 Å². The fourth-order valence-electron chi connectivity index (χ4n) is 6.47. The SMILES string of the molecule is C=C1c2ccccc2C(=O)N1CCS(=O)(=O)N1CC=C(c2ccc3nc(OC4CCN(c5ncc(CCC)cn5)CC4)sc3c2)CC1. The molecule has 0 unspecified atom stereocenters. The monoisotopic (exact) mass is 670 g/mol. The first kappa shape index (κ1) is 31.5. The molecule has 2 aromatic heterocycles. The highest BCUT2D eigenvalue weighted by Crippen LogP contribution is 2.34. The van der Waals surface area contributed by atoms with Gasteiger partial charge in [0.2, 0.25) is 16.0 Å². The predicted octanol–water partition coefficient (Wildman–Crippen LogP) is 5.63. The van der Waals surface area contributed by atoms with Gasteiger partial charge in [0.25, 0.3) is 11.1 Å². The minimum atomic E-state index is -3.56. The number of ether oxygens (including phenoxy) is 1. The van der Waals surface area contributed by atoms with Crippen LogP contribution in [0.3, 0.4) is 0 Å². The maximum atomic E-state index is 13.2. The molecular formula is C35H38N6O4S2. The summed E-state index contributed by atoms with van der Waals surface area (Å²) in [6, 6.07) is 13.4. The zero-order valence-corrected chi connectivity index (χ0v) is 28.1. The van der Waals surface area contributed by atoms with Crippen LogP contribution >= 0.6 is 11.3 Å². The van der Waals surface area contributed by atoms with E-state index in [1.54, 1.807) is 23.5 Å². The molecule has 0 aliphatic carbocycles. The van der Waals surface area contributed by atoms with E-state index in [1.807, 2.05) is 42.7 Å². The standard InChI is InChI=1S/C35H38N6O4S2/c1-3-6-25-22-36-34(37-23-25)39-15-13-28(14-16-39)45-35-38-31-10-9-27(21-32(31)46-35)26-11-17-40(18-12-26)47(43,44)20-19-41-24(2)29-7-4-5-8-30(29)33(41)42/h4-5,7-11,21-23,28H,2-3,6,12-20H2,1H3. The number of carbonyl (C=O) groups excluding carboxylic acids is 1. The first-order valence-electron chi connectivity index (χ1n) is 16.2. The molecule has 3 aliphatic heterocycles. The lowest BCUT2D eigenvalue weighted by molar-refractivity contribution is 0.0856. The van der Waals surface area contributed by atoms with Gasteiger partial charge < -0.3 is 14.5 Å². The molecule has 7 rings (SSSR count). The van der Waals surface area contributed by atoms with E-state index in [1.165, 1.54) is 14.8 Å². The van der Waals surface area contributed by atoms with Crippen LogP contribution in [0.4, 0.5) is 5.95 Å². The van der Waals surface area contributed by atoms with Crippen LogP contribution in [0, 0.1) is 0 Å². The highest BCUT2D eigenvalue weighted by molar-refractivity contribution is 7.89. The number of hydrogen-bond acceptors (Lipinski definition) is 9. The number of carbonyl (C=O) groups is 1. The van der Waals surface area contributed by atoms with Crippen molar-refractivity contribution in [3.63, 3.8) is 0 Å². The van der Waals surface area contributed by atoms with Gasteiger partial charge in [-0.2, -0.15) is 4.31 Å². The molecule has 1 fully saturated rings. The maximum Gasteiger partial charge on any atom is 0.274 e. The summed E-state index contributed by atoms with van der Waals surface area (Å²) in [5.41, 5.74) is 6.13. The molecule has 244 valence electrons. The number of benzene rings is 2. The molecular weight excluding hydrogens is 633 g/mol. The molecule has 12 heteroatoms. The fourth-order valence-corrected chi connectivity index (χ4v) is 8.73. The normalized spacial score (nSPS) is 17.8.